The second kappa shape index (κ2) is 5.63. The van der Waals surface area contributed by atoms with E-state index in [1.54, 1.807) is 0 Å². The van der Waals surface area contributed by atoms with E-state index in [0.717, 1.165) is 37.2 Å². The molecule has 0 aliphatic carbocycles. The first-order valence-corrected chi connectivity index (χ1v) is 7.32. The molecule has 0 bridgehead atoms. The maximum absolute atomic E-state index is 9.60. The van der Waals surface area contributed by atoms with Crippen LogP contribution in [0.5, 0.6) is 0 Å². The Labute approximate surface area is 124 Å². The van der Waals surface area contributed by atoms with Gasteiger partial charge in [-0.25, -0.2) is 4.98 Å². The molecule has 0 amide bonds. The number of nitrogens with zero attached hydrogens (tertiary/aromatic N) is 4. The zero-order chi connectivity index (χ0) is 15.0. The highest BCUT2D eigenvalue weighted by Crippen LogP contribution is 2.21. The number of aromatic nitrogens is 2. The van der Waals surface area contributed by atoms with Crippen LogP contribution in [-0.2, 0) is 13.2 Å². The lowest BCUT2D eigenvalue weighted by Gasteiger charge is -2.38. The smallest absolute Gasteiger partial charge is 0.135 e. The molecule has 1 aliphatic heterocycles. The minimum atomic E-state index is -0.0547. The summed E-state index contributed by atoms with van der Waals surface area (Å²) in [4.78, 5) is 9.23. The summed E-state index contributed by atoms with van der Waals surface area (Å²) in [5, 5.41) is 9.60. The summed E-state index contributed by atoms with van der Waals surface area (Å²) in [5.41, 5.74) is 8.41. The Kier molecular flexibility index (Phi) is 3.84. The number of hydrogen-bond acceptors (Lipinski definition) is 5. The van der Waals surface area contributed by atoms with Crippen LogP contribution in [0.4, 0.5) is 5.69 Å². The van der Waals surface area contributed by atoms with Crippen LogP contribution in [0.3, 0.4) is 0 Å². The molecule has 0 spiro atoms. The van der Waals surface area contributed by atoms with Crippen molar-refractivity contribution >= 4 is 16.7 Å². The molecule has 3 N–H and O–H groups in total. The third-order valence-corrected chi connectivity index (χ3v) is 4.37. The van der Waals surface area contributed by atoms with Crippen molar-refractivity contribution in [3.8, 4) is 0 Å². The largest absolute Gasteiger partial charge is 0.399 e. The Morgan fingerprint density at radius 1 is 1.33 bits per heavy atom. The SMILES string of the molecule is CN1CCN(C)C(Cn2c(CO)nc3cc(N)ccc32)C1. The van der Waals surface area contributed by atoms with Crippen LogP contribution < -0.4 is 5.73 Å². The van der Waals surface area contributed by atoms with Gasteiger partial charge in [0.25, 0.3) is 0 Å². The van der Waals surface area contributed by atoms with Crippen LogP contribution >= 0.6 is 0 Å². The van der Waals surface area contributed by atoms with Crippen LogP contribution in [0, 0.1) is 0 Å². The number of imidazole rings is 1. The average Bonchev–Trinajstić information content (AvgIpc) is 2.80. The third-order valence-electron chi connectivity index (χ3n) is 4.37. The number of likely N-dealkylation sites (N-methyl/N-ethyl adjacent to an activating group) is 2. The summed E-state index contributed by atoms with van der Waals surface area (Å²) in [6.07, 6.45) is 0. The highest BCUT2D eigenvalue weighted by Gasteiger charge is 2.24. The number of aliphatic hydroxyl groups excluding tert-OH is 1. The maximum atomic E-state index is 9.60. The van der Waals surface area contributed by atoms with E-state index in [9.17, 15) is 5.11 Å². The topological polar surface area (TPSA) is 70.5 Å². The van der Waals surface area contributed by atoms with Gasteiger partial charge >= 0.3 is 0 Å². The van der Waals surface area contributed by atoms with Gasteiger partial charge in [0, 0.05) is 37.9 Å². The Hall–Kier alpha value is -1.63. The van der Waals surface area contributed by atoms with Gasteiger partial charge in [0.05, 0.1) is 11.0 Å². The van der Waals surface area contributed by atoms with E-state index in [1.165, 1.54) is 0 Å². The van der Waals surface area contributed by atoms with Crippen molar-refractivity contribution in [2.45, 2.75) is 19.2 Å². The van der Waals surface area contributed by atoms with E-state index in [2.05, 4.69) is 33.4 Å². The van der Waals surface area contributed by atoms with E-state index >= 15 is 0 Å². The summed E-state index contributed by atoms with van der Waals surface area (Å²) >= 11 is 0. The molecule has 2 aromatic rings. The highest BCUT2D eigenvalue weighted by atomic mass is 16.3. The second-order valence-electron chi connectivity index (χ2n) is 5.94. The second-order valence-corrected chi connectivity index (χ2v) is 5.94. The predicted octanol–water partition coefficient (Wildman–Crippen LogP) is 0.357. The zero-order valence-electron chi connectivity index (χ0n) is 12.7. The van der Waals surface area contributed by atoms with Gasteiger partial charge in [0.1, 0.15) is 12.4 Å². The molecular formula is C15H23N5O. The zero-order valence-corrected chi connectivity index (χ0v) is 12.7. The lowest BCUT2D eigenvalue weighted by Crippen LogP contribution is -2.51. The minimum absolute atomic E-state index is 0.0547. The van der Waals surface area contributed by atoms with Crippen molar-refractivity contribution in [2.24, 2.45) is 0 Å². The Morgan fingerprint density at radius 2 is 2.14 bits per heavy atom. The van der Waals surface area contributed by atoms with Crippen LogP contribution in [0.2, 0.25) is 0 Å². The molecule has 6 nitrogen and oxygen atoms in total. The van der Waals surface area contributed by atoms with E-state index in [1.807, 2.05) is 18.2 Å². The number of aliphatic hydroxyl groups is 1. The molecule has 1 saturated heterocycles. The number of anilines is 1. The van der Waals surface area contributed by atoms with Gasteiger partial charge in [-0.05, 0) is 32.3 Å². The molecule has 0 saturated carbocycles. The predicted molar refractivity (Wildman–Crippen MR) is 84.0 cm³/mol. The Morgan fingerprint density at radius 3 is 2.90 bits per heavy atom. The molecule has 1 fully saturated rings. The summed E-state index contributed by atoms with van der Waals surface area (Å²) in [6.45, 7) is 3.96. The molecule has 1 aromatic heterocycles. The van der Waals surface area contributed by atoms with E-state index < -0.39 is 0 Å². The minimum Gasteiger partial charge on any atom is -0.399 e. The van der Waals surface area contributed by atoms with Gasteiger partial charge in [-0.3, -0.25) is 4.90 Å². The highest BCUT2D eigenvalue weighted by molar-refractivity contribution is 5.79. The standard InChI is InChI=1S/C15H23N5O/c1-18-5-6-19(2)12(8-18)9-20-14-4-3-11(16)7-13(14)17-15(20)10-21/h3-4,7,12,21H,5-6,8-10,16H2,1-2H3. The summed E-state index contributed by atoms with van der Waals surface area (Å²) < 4.78 is 2.12. The summed E-state index contributed by atoms with van der Waals surface area (Å²) in [5.74, 6) is 0.706. The van der Waals surface area contributed by atoms with Gasteiger partial charge in [-0.1, -0.05) is 0 Å². The molecule has 1 aliphatic rings. The van der Waals surface area contributed by atoms with Crippen molar-refractivity contribution in [1.82, 2.24) is 19.4 Å². The third kappa shape index (κ3) is 2.74. The van der Waals surface area contributed by atoms with Gasteiger partial charge in [-0.15, -0.1) is 0 Å². The van der Waals surface area contributed by atoms with Crippen LogP contribution in [0.15, 0.2) is 18.2 Å². The van der Waals surface area contributed by atoms with E-state index in [0.29, 0.717) is 17.6 Å². The number of nitrogens with two attached hydrogens (primary N) is 1. The summed E-state index contributed by atoms with van der Waals surface area (Å²) in [7, 11) is 4.31. The monoisotopic (exact) mass is 289 g/mol. The fourth-order valence-electron chi connectivity index (χ4n) is 3.03. The maximum Gasteiger partial charge on any atom is 0.135 e. The van der Waals surface area contributed by atoms with Crippen LogP contribution in [0.1, 0.15) is 5.82 Å². The molecule has 2 heterocycles. The van der Waals surface area contributed by atoms with Crippen molar-refractivity contribution in [1.29, 1.82) is 0 Å². The number of rotatable bonds is 3. The number of piperazine rings is 1. The molecular weight excluding hydrogens is 266 g/mol. The lowest BCUT2D eigenvalue weighted by atomic mass is 10.2. The number of nitrogen functional groups attached to an aromatic ring is 1. The van der Waals surface area contributed by atoms with Gasteiger partial charge in [0.2, 0.25) is 0 Å². The first kappa shape index (κ1) is 14.3. The molecule has 1 unspecified atom stereocenters. The van der Waals surface area contributed by atoms with Crippen molar-refractivity contribution in [2.75, 3.05) is 39.5 Å². The van der Waals surface area contributed by atoms with E-state index in [4.69, 9.17) is 5.73 Å². The lowest BCUT2D eigenvalue weighted by molar-refractivity contribution is 0.102. The Bertz CT molecular complexity index is 638. The quantitative estimate of drug-likeness (QED) is 0.798. The molecule has 114 valence electrons. The number of benzene rings is 1. The fourth-order valence-corrected chi connectivity index (χ4v) is 3.03. The van der Waals surface area contributed by atoms with Crippen molar-refractivity contribution in [3.05, 3.63) is 24.0 Å². The molecule has 0 radical (unpaired) electrons. The van der Waals surface area contributed by atoms with Gasteiger partial charge in [-0.2, -0.15) is 0 Å². The summed E-state index contributed by atoms with van der Waals surface area (Å²) in [6, 6.07) is 6.16. The molecule has 21 heavy (non-hydrogen) atoms. The van der Waals surface area contributed by atoms with Crippen LogP contribution in [-0.4, -0.2) is 64.2 Å². The van der Waals surface area contributed by atoms with Crippen molar-refractivity contribution < 1.29 is 5.11 Å². The van der Waals surface area contributed by atoms with Gasteiger partial charge < -0.3 is 20.3 Å². The first-order valence-electron chi connectivity index (χ1n) is 7.32. The average molecular weight is 289 g/mol. The number of hydrogen-bond donors (Lipinski definition) is 2. The van der Waals surface area contributed by atoms with E-state index in [-0.39, 0.29) is 6.61 Å². The van der Waals surface area contributed by atoms with Crippen LogP contribution in [0.25, 0.3) is 11.0 Å². The molecule has 3 rings (SSSR count). The van der Waals surface area contributed by atoms with Crippen molar-refractivity contribution in [3.63, 3.8) is 0 Å². The Balaban J connectivity index is 1.95. The fraction of sp³-hybridized carbons (Fsp3) is 0.533. The normalized spacial score (nSPS) is 21.2. The molecule has 1 atom stereocenters. The first-order chi connectivity index (χ1) is 10.1. The van der Waals surface area contributed by atoms with Gasteiger partial charge in [0.15, 0.2) is 0 Å². The number of fused-ring (bicyclic) bond motifs is 1. The molecule has 1 aromatic carbocycles. The molecule has 6 heteroatoms.